The third-order valence-corrected chi connectivity index (χ3v) is 7.31. The molecule has 1 aliphatic rings. The molecule has 21 heavy (non-hydrogen) atoms. The van der Waals surface area contributed by atoms with E-state index < -0.39 is 27.2 Å². The van der Waals surface area contributed by atoms with E-state index in [1.807, 2.05) is 12.1 Å². The van der Waals surface area contributed by atoms with Gasteiger partial charge in [0.1, 0.15) is 0 Å². The van der Waals surface area contributed by atoms with Crippen LogP contribution in [-0.2, 0) is 26.0 Å². The second-order valence-corrected chi connectivity index (χ2v) is 9.53. The van der Waals surface area contributed by atoms with Crippen molar-refractivity contribution in [3.05, 3.63) is 20.8 Å². The predicted octanol–water partition coefficient (Wildman–Crippen LogP) is 2.31. The van der Waals surface area contributed by atoms with Crippen LogP contribution in [0.15, 0.2) is 15.9 Å². The number of hydrogen-bond acceptors (Lipinski definition) is 5. The second kappa shape index (κ2) is 7.21. The minimum absolute atomic E-state index is 0.347. The van der Waals surface area contributed by atoms with E-state index in [1.165, 1.54) is 7.11 Å². The number of sulfonamides is 1. The lowest BCUT2D eigenvalue weighted by Crippen LogP contribution is -2.40. The molecule has 0 spiro atoms. The molecule has 1 N–H and O–H groups in total. The number of esters is 1. The van der Waals surface area contributed by atoms with Crippen molar-refractivity contribution in [1.82, 2.24) is 4.72 Å². The summed E-state index contributed by atoms with van der Waals surface area (Å²) in [7, 11) is -2.19. The van der Waals surface area contributed by atoms with Crippen LogP contribution in [0.3, 0.4) is 0 Å². The van der Waals surface area contributed by atoms with Gasteiger partial charge in [-0.3, -0.25) is 4.79 Å². The van der Waals surface area contributed by atoms with Crippen molar-refractivity contribution >= 4 is 43.3 Å². The molecule has 5 nitrogen and oxygen atoms in total. The lowest BCUT2D eigenvalue weighted by Gasteiger charge is -2.18. The summed E-state index contributed by atoms with van der Waals surface area (Å²) in [5.74, 6) is -0.964. The Labute approximate surface area is 137 Å². The Balaban J connectivity index is 1.93. The topological polar surface area (TPSA) is 72.5 Å². The predicted molar refractivity (Wildman–Crippen MR) is 85.8 cm³/mol. The fourth-order valence-electron chi connectivity index (χ4n) is 2.63. The number of rotatable bonds is 6. The first kappa shape index (κ1) is 16.9. The summed E-state index contributed by atoms with van der Waals surface area (Å²) in [6.07, 6.45) is 2.48. The molecular formula is C13H18BrNO4S2. The van der Waals surface area contributed by atoms with Gasteiger partial charge in [0.15, 0.2) is 0 Å². The van der Waals surface area contributed by atoms with Crippen molar-refractivity contribution in [2.75, 3.05) is 13.7 Å². The third kappa shape index (κ3) is 4.28. The van der Waals surface area contributed by atoms with Crippen molar-refractivity contribution in [3.63, 3.8) is 0 Å². The zero-order chi connectivity index (χ0) is 15.5. The zero-order valence-corrected chi connectivity index (χ0v) is 14.9. The van der Waals surface area contributed by atoms with Gasteiger partial charge in [-0.1, -0.05) is 6.42 Å². The van der Waals surface area contributed by atoms with Crippen LogP contribution in [0.25, 0.3) is 0 Å². The Morgan fingerprint density at radius 3 is 2.86 bits per heavy atom. The molecule has 0 aliphatic heterocycles. The highest BCUT2D eigenvalue weighted by Gasteiger charge is 2.41. The number of halogens is 1. The van der Waals surface area contributed by atoms with Crippen LogP contribution in [0.4, 0.5) is 0 Å². The van der Waals surface area contributed by atoms with Crippen molar-refractivity contribution in [2.45, 2.75) is 30.9 Å². The van der Waals surface area contributed by atoms with Crippen LogP contribution < -0.4 is 4.72 Å². The molecule has 2 rings (SSSR count). The third-order valence-electron chi connectivity index (χ3n) is 3.66. The highest BCUT2D eigenvalue weighted by molar-refractivity contribution is 9.11. The number of methoxy groups -OCH3 is 1. The van der Waals surface area contributed by atoms with E-state index in [1.54, 1.807) is 11.3 Å². The van der Waals surface area contributed by atoms with Gasteiger partial charge in [0.2, 0.25) is 10.0 Å². The fourth-order valence-corrected chi connectivity index (χ4v) is 5.87. The van der Waals surface area contributed by atoms with Crippen LogP contribution in [0, 0.1) is 5.92 Å². The van der Waals surface area contributed by atoms with Crippen molar-refractivity contribution in [2.24, 2.45) is 5.92 Å². The number of thiophene rings is 1. The van der Waals surface area contributed by atoms with E-state index in [0.717, 1.165) is 15.1 Å². The summed E-state index contributed by atoms with van der Waals surface area (Å²) in [4.78, 5) is 12.8. The first-order valence-electron chi connectivity index (χ1n) is 6.74. The second-order valence-electron chi connectivity index (χ2n) is 4.99. The summed E-state index contributed by atoms with van der Waals surface area (Å²) in [5.41, 5.74) is 0. The Morgan fingerprint density at radius 1 is 1.48 bits per heavy atom. The fraction of sp³-hybridized carbons (Fsp3) is 0.615. The average molecular weight is 396 g/mol. The molecule has 118 valence electrons. The minimum Gasteiger partial charge on any atom is -0.469 e. The van der Waals surface area contributed by atoms with Crippen molar-refractivity contribution < 1.29 is 17.9 Å². The molecule has 1 saturated carbocycles. The van der Waals surface area contributed by atoms with E-state index in [4.69, 9.17) is 4.74 Å². The van der Waals surface area contributed by atoms with E-state index in [0.29, 0.717) is 25.8 Å². The van der Waals surface area contributed by atoms with Crippen LogP contribution in [0.1, 0.15) is 24.1 Å². The van der Waals surface area contributed by atoms with Gasteiger partial charge in [0.05, 0.1) is 22.1 Å². The molecule has 8 heteroatoms. The average Bonchev–Trinajstić information content (AvgIpc) is 3.07. The summed E-state index contributed by atoms with van der Waals surface area (Å²) < 4.78 is 33.0. The van der Waals surface area contributed by atoms with Crippen LogP contribution in [0.2, 0.25) is 0 Å². The monoisotopic (exact) mass is 395 g/mol. The molecule has 0 radical (unpaired) electrons. The molecule has 1 aliphatic carbocycles. The maximum absolute atomic E-state index is 12.3. The van der Waals surface area contributed by atoms with E-state index in [2.05, 4.69) is 20.7 Å². The normalized spacial score (nSPS) is 22.4. The molecule has 0 amide bonds. The zero-order valence-electron chi connectivity index (χ0n) is 11.7. The molecular weight excluding hydrogens is 378 g/mol. The minimum atomic E-state index is -3.49. The number of carbonyl (C=O) groups is 1. The van der Waals surface area contributed by atoms with Gasteiger partial charge >= 0.3 is 5.97 Å². The number of ether oxygens (including phenoxy) is 1. The SMILES string of the molecule is COC(=O)C1CCCC1S(=O)(=O)NCCc1ccc(Br)s1. The molecule has 0 bridgehead atoms. The first-order chi connectivity index (χ1) is 9.94. The quantitative estimate of drug-likeness (QED) is 0.750. The van der Waals surface area contributed by atoms with Gasteiger partial charge in [-0.2, -0.15) is 0 Å². The largest absolute Gasteiger partial charge is 0.469 e. The van der Waals surface area contributed by atoms with E-state index >= 15 is 0 Å². The Morgan fingerprint density at radius 2 is 2.24 bits per heavy atom. The number of nitrogens with one attached hydrogen (secondary N) is 1. The summed E-state index contributed by atoms with van der Waals surface area (Å²) in [5, 5.41) is -0.667. The highest BCUT2D eigenvalue weighted by Crippen LogP contribution is 2.31. The van der Waals surface area contributed by atoms with Crippen LogP contribution in [-0.4, -0.2) is 33.3 Å². The maximum Gasteiger partial charge on any atom is 0.310 e. The van der Waals surface area contributed by atoms with Crippen LogP contribution >= 0.6 is 27.3 Å². The molecule has 2 atom stereocenters. The van der Waals surface area contributed by atoms with Crippen LogP contribution in [0.5, 0.6) is 0 Å². The lowest BCUT2D eigenvalue weighted by molar-refractivity contribution is -0.145. The summed E-state index contributed by atoms with van der Waals surface area (Å²) in [6.45, 7) is 0.347. The number of hydrogen-bond donors (Lipinski definition) is 1. The van der Waals surface area contributed by atoms with E-state index in [9.17, 15) is 13.2 Å². The van der Waals surface area contributed by atoms with Gasteiger partial charge in [0.25, 0.3) is 0 Å². The standard InChI is InChI=1S/C13H18BrNO4S2/c1-19-13(16)10-3-2-4-11(10)21(17,18)15-8-7-9-5-6-12(14)20-9/h5-6,10-11,15H,2-4,7-8H2,1H3. The molecule has 1 aromatic heterocycles. The molecule has 2 unspecified atom stereocenters. The van der Waals surface area contributed by atoms with E-state index in [-0.39, 0.29) is 0 Å². The first-order valence-corrected chi connectivity index (χ1v) is 9.90. The van der Waals surface area contributed by atoms with Crippen molar-refractivity contribution in [1.29, 1.82) is 0 Å². The molecule has 0 aromatic carbocycles. The maximum atomic E-state index is 12.3. The Hall–Kier alpha value is -0.440. The molecule has 0 saturated heterocycles. The Bertz CT molecular complexity index is 599. The Kier molecular flexibility index (Phi) is 5.81. The van der Waals surface area contributed by atoms with Gasteiger partial charge in [-0.05, 0) is 47.3 Å². The number of carbonyl (C=O) groups excluding carboxylic acids is 1. The van der Waals surface area contributed by atoms with Gasteiger partial charge in [-0.25, -0.2) is 13.1 Å². The smallest absolute Gasteiger partial charge is 0.310 e. The van der Waals surface area contributed by atoms with Crippen molar-refractivity contribution in [3.8, 4) is 0 Å². The molecule has 1 fully saturated rings. The van der Waals surface area contributed by atoms with Gasteiger partial charge in [0, 0.05) is 11.4 Å². The highest BCUT2D eigenvalue weighted by atomic mass is 79.9. The van der Waals surface area contributed by atoms with Gasteiger partial charge in [-0.15, -0.1) is 11.3 Å². The molecule has 1 aromatic rings. The summed E-state index contributed by atoms with van der Waals surface area (Å²) >= 11 is 4.96. The molecule has 1 heterocycles. The van der Waals surface area contributed by atoms with Gasteiger partial charge < -0.3 is 4.74 Å². The lowest BCUT2D eigenvalue weighted by atomic mass is 10.1. The summed E-state index contributed by atoms with van der Waals surface area (Å²) in [6, 6.07) is 3.91.